The number of halogens is 1. The molecule has 0 fully saturated rings. The molecule has 0 atom stereocenters. The second-order valence-electron chi connectivity index (χ2n) is 5.67. The molecule has 0 spiro atoms. The van der Waals surface area contributed by atoms with Gasteiger partial charge in [-0.1, -0.05) is 30.3 Å². The third-order valence-electron chi connectivity index (χ3n) is 3.76. The normalized spacial score (nSPS) is 10.7. The van der Waals surface area contributed by atoms with Gasteiger partial charge in [-0.15, -0.1) is 12.4 Å². The molecular weight excluding hydrogens is 294 g/mol. The third kappa shape index (κ3) is 3.09. The number of anilines is 1. The Morgan fingerprint density at radius 1 is 1.00 bits per heavy atom. The van der Waals surface area contributed by atoms with Crippen LogP contribution in [0.4, 0.5) is 5.69 Å². The standard InChI is InChI=1S/C18H21N3.ClH/c1-14(2)21-17-12-8-7-11-16(17)19-18(21)13-20(3)15-9-5-4-6-10-15;/h4-12,14H,13H2,1-3H3;1H. The molecular formula is C18H22ClN3. The van der Waals surface area contributed by atoms with Crippen LogP contribution in [0.2, 0.25) is 0 Å². The van der Waals surface area contributed by atoms with Crippen LogP contribution in [0.5, 0.6) is 0 Å². The van der Waals surface area contributed by atoms with Crippen LogP contribution in [0.3, 0.4) is 0 Å². The Morgan fingerprint density at radius 2 is 1.64 bits per heavy atom. The summed E-state index contributed by atoms with van der Waals surface area (Å²) in [5, 5.41) is 0. The molecule has 1 aromatic heterocycles. The average molecular weight is 316 g/mol. The van der Waals surface area contributed by atoms with Gasteiger partial charge in [0.1, 0.15) is 5.82 Å². The maximum atomic E-state index is 4.82. The molecule has 4 heteroatoms. The van der Waals surface area contributed by atoms with Gasteiger partial charge < -0.3 is 9.47 Å². The van der Waals surface area contributed by atoms with Crippen LogP contribution in [0, 0.1) is 0 Å². The smallest absolute Gasteiger partial charge is 0.129 e. The van der Waals surface area contributed by atoms with Crippen LogP contribution in [0.15, 0.2) is 54.6 Å². The van der Waals surface area contributed by atoms with E-state index in [0.29, 0.717) is 6.04 Å². The van der Waals surface area contributed by atoms with Crippen molar-refractivity contribution in [1.82, 2.24) is 9.55 Å². The predicted molar refractivity (Wildman–Crippen MR) is 95.9 cm³/mol. The second kappa shape index (κ2) is 6.84. The first-order valence-corrected chi connectivity index (χ1v) is 7.39. The highest BCUT2D eigenvalue weighted by Crippen LogP contribution is 2.23. The van der Waals surface area contributed by atoms with Gasteiger partial charge in [0.05, 0.1) is 17.6 Å². The molecule has 0 saturated heterocycles. The quantitative estimate of drug-likeness (QED) is 0.697. The van der Waals surface area contributed by atoms with E-state index in [9.17, 15) is 0 Å². The summed E-state index contributed by atoms with van der Waals surface area (Å²) in [7, 11) is 2.11. The molecule has 0 radical (unpaired) electrons. The van der Waals surface area contributed by atoms with Crippen molar-refractivity contribution in [2.75, 3.05) is 11.9 Å². The van der Waals surface area contributed by atoms with Gasteiger partial charge >= 0.3 is 0 Å². The fraction of sp³-hybridized carbons (Fsp3) is 0.278. The Morgan fingerprint density at radius 3 is 2.32 bits per heavy atom. The van der Waals surface area contributed by atoms with Crippen molar-refractivity contribution < 1.29 is 0 Å². The number of hydrogen-bond acceptors (Lipinski definition) is 2. The molecule has 0 aliphatic heterocycles. The molecule has 3 nitrogen and oxygen atoms in total. The van der Waals surface area contributed by atoms with E-state index in [1.165, 1.54) is 11.2 Å². The Labute approximate surface area is 138 Å². The Hall–Kier alpha value is -2.00. The second-order valence-corrected chi connectivity index (χ2v) is 5.67. The first kappa shape index (κ1) is 16.4. The lowest BCUT2D eigenvalue weighted by atomic mass is 10.3. The molecule has 0 aliphatic carbocycles. The summed E-state index contributed by atoms with van der Waals surface area (Å²) in [6, 6.07) is 19.2. The van der Waals surface area contributed by atoms with Crippen LogP contribution < -0.4 is 4.90 Å². The third-order valence-corrected chi connectivity index (χ3v) is 3.76. The highest BCUT2D eigenvalue weighted by atomic mass is 35.5. The number of benzene rings is 2. The molecule has 22 heavy (non-hydrogen) atoms. The minimum Gasteiger partial charge on any atom is -0.367 e. The predicted octanol–water partition coefficient (Wildman–Crippen LogP) is 4.68. The van der Waals surface area contributed by atoms with Gasteiger partial charge in [-0.3, -0.25) is 0 Å². The topological polar surface area (TPSA) is 21.1 Å². The SMILES string of the molecule is CC(C)n1c(CN(C)c2ccccc2)nc2ccccc21.Cl. The van der Waals surface area contributed by atoms with Crippen LogP contribution in [-0.4, -0.2) is 16.6 Å². The van der Waals surface area contributed by atoms with E-state index < -0.39 is 0 Å². The van der Waals surface area contributed by atoms with Crippen molar-refractivity contribution in [2.24, 2.45) is 0 Å². The molecule has 0 bridgehead atoms. The lowest BCUT2D eigenvalue weighted by Gasteiger charge is -2.21. The summed E-state index contributed by atoms with van der Waals surface area (Å²) < 4.78 is 2.33. The van der Waals surface area contributed by atoms with Gasteiger partial charge in [-0.2, -0.15) is 0 Å². The Bertz CT molecular complexity index is 734. The molecule has 2 aromatic carbocycles. The maximum Gasteiger partial charge on any atom is 0.129 e. The zero-order valence-corrected chi connectivity index (χ0v) is 14.0. The fourth-order valence-electron chi connectivity index (χ4n) is 2.77. The number of rotatable bonds is 4. The van der Waals surface area contributed by atoms with Crippen molar-refractivity contribution in [3.05, 3.63) is 60.4 Å². The van der Waals surface area contributed by atoms with Crippen molar-refractivity contribution in [3.63, 3.8) is 0 Å². The molecule has 3 aromatic rings. The minimum absolute atomic E-state index is 0. The van der Waals surface area contributed by atoms with E-state index in [4.69, 9.17) is 4.98 Å². The van der Waals surface area contributed by atoms with Crippen LogP contribution in [0.1, 0.15) is 25.7 Å². The molecule has 0 aliphatic rings. The number of para-hydroxylation sites is 3. The highest BCUT2D eigenvalue weighted by molar-refractivity contribution is 5.85. The van der Waals surface area contributed by atoms with Gasteiger partial charge in [-0.25, -0.2) is 4.98 Å². The molecule has 0 N–H and O–H groups in total. The van der Waals surface area contributed by atoms with E-state index in [1.807, 2.05) is 12.1 Å². The highest BCUT2D eigenvalue weighted by Gasteiger charge is 2.14. The summed E-state index contributed by atoms with van der Waals surface area (Å²) in [4.78, 5) is 7.06. The van der Waals surface area contributed by atoms with E-state index >= 15 is 0 Å². The number of hydrogen-bond donors (Lipinski definition) is 0. The zero-order valence-electron chi connectivity index (χ0n) is 13.2. The first-order valence-electron chi connectivity index (χ1n) is 7.39. The molecule has 3 rings (SSSR count). The van der Waals surface area contributed by atoms with Gasteiger partial charge in [0.15, 0.2) is 0 Å². The number of fused-ring (bicyclic) bond motifs is 1. The van der Waals surface area contributed by atoms with E-state index in [2.05, 4.69) is 72.8 Å². The summed E-state index contributed by atoms with van der Waals surface area (Å²) >= 11 is 0. The van der Waals surface area contributed by atoms with E-state index in [0.717, 1.165) is 17.9 Å². The van der Waals surface area contributed by atoms with Gasteiger partial charge in [-0.05, 0) is 38.1 Å². The first-order chi connectivity index (χ1) is 10.2. The molecule has 116 valence electrons. The molecule has 0 unspecified atom stereocenters. The molecule has 0 amide bonds. The van der Waals surface area contributed by atoms with E-state index in [-0.39, 0.29) is 12.4 Å². The summed E-state index contributed by atoms with van der Waals surface area (Å²) in [5.41, 5.74) is 3.49. The van der Waals surface area contributed by atoms with Gasteiger partial charge in [0.2, 0.25) is 0 Å². The van der Waals surface area contributed by atoms with Crippen LogP contribution >= 0.6 is 12.4 Å². The average Bonchev–Trinajstić information content (AvgIpc) is 2.86. The number of aromatic nitrogens is 2. The largest absolute Gasteiger partial charge is 0.367 e. The van der Waals surface area contributed by atoms with Crippen molar-refractivity contribution >= 4 is 29.1 Å². The van der Waals surface area contributed by atoms with Gasteiger partial charge in [0, 0.05) is 18.8 Å². The minimum atomic E-state index is 0. The Kier molecular flexibility index (Phi) is 5.09. The zero-order chi connectivity index (χ0) is 14.8. The van der Waals surface area contributed by atoms with Gasteiger partial charge in [0.25, 0.3) is 0 Å². The molecule has 1 heterocycles. The van der Waals surface area contributed by atoms with Crippen molar-refractivity contribution in [1.29, 1.82) is 0 Å². The van der Waals surface area contributed by atoms with Crippen molar-refractivity contribution in [2.45, 2.75) is 26.4 Å². The lowest BCUT2D eigenvalue weighted by Crippen LogP contribution is -2.20. The van der Waals surface area contributed by atoms with E-state index in [1.54, 1.807) is 0 Å². The summed E-state index contributed by atoms with van der Waals surface area (Å²) in [6.07, 6.45) is 0. The Balaban J connectivity index is 0.00000176. The maximum absolute atomic E-state index is 4.82. The van der Waals surface area contributed by atoms with Crippen molar-refractivity contribution in [3.8, 4) is 0 Å². The fourth-order valence-corrected chi connectivity index (χ4v) is 2.77. The monoisotopic (exact) mass is 315 g/mol. The molecule has 0 saturated carbocycles. The number of imidazole rings is 1. The number of nitrogens with zero attached hydrogens (tertiary/aromatic N) is 3. The summed E-state index contributed by atoms with van der Waals surface area (Å²) in [6.45, 7) is 5.22. The summed E-state index contributed by atoms with van der Waals surface area (Å²) in [5.74, 6) is 1.11. The van der Waals surface area contributed by atoms with Crippen LogP contribution in [-0.2, 0) is 6.54 Å². The lowest BCUT2D eigenvalue weighted by molar-refractivity contribution is 0.581. The van der Waals surface area contributed by atoms with Crippen LogP contribution in [0.25, 0.3) is 11.0 Å².